The van der Waals surface area contributed by atoms with Crippen LogP contribution in [0.5, 0.6) is 5.75 Å². The number of hydrogen-bond donors (Lipinski definition) is 2. The summed E-state index contributed by atoms with van der Waals surface area (Å²) < 4.78 is 0. The van der Waals surface area contributed by atoms with Crippen molar-refractivity contribution in [3.8, 4) is 5.75 Å². The van der Waals surface area contributed by atoms with Gasteiger partial charge in [0.25, 0.3) is 0 Å². The summed E-state index contributed by atoms with van der Waals surface area (Å²) in [7, 11) is 0. The van der Waals surface area contributed by atoms with Gasteiger partial charge in [-0.1, -0.05) is 24.3 Å². The largest absolute Gasteiger partial charge is 0.508 e. The summed E-state index contributed by atoms with van der Waals surface area (Å²) in [6.07, 6.45) is 0.750. The number of rotatable bonds is 1. The maximum atomic E-state index is 8.91. The second-order valence-electron chi connectivity index (χ2n) is 2.43. The Morgan fingerprint density at radius 1 is 1.46 bits per heavy atom. The molecule has 0 atom stereocenters. The molecule has 1 aromatic rings. The Kier molecular flexibility index (Phi) is 4.93. The third-order valence-corrected chi connectivity index (χ3v) is 1.36. The molecule has 0 saturated heterocycles. The lowest BCUT2D eigenvalue weighted by Crippen LogP contribution is -1.74. The standard InChI is InChI=1S/C9H10O.CHNO/c1-7(2)8-3-5-9(10)6-4-8;2-1-3/h3-6,10H,1H2,2H3;2H. The number of allylic oxidation sites excluding steroid dienone is 1. The molecule has 1 aromatic carbocycles. The second-order valence-corrected chi connectivity index (χ2v) is 2.43. The van der Waals surface area contributed by atoms with Gasteiger partial charge in [-0.25, -0.2) is 10.2 Å². The summed E-state index contributed by atoms with van der Waals surface area (Å²) in [5.74, 6) is 0.296. The van der Waals surface area contributed by atoms with Crippen LogP contribution in [0.1, 0.15) is 12.5 Å². The molecule has 0 fully saturated rings. The van der Waals surface area contributed by atoms with E-state index in [4.69, 9.17) is 15.3 Å². The van der Waals surface area contributed by atoms with Crippen molar-refractivity contribution in [2.24, 2.45) is 0 Å². The Hall–Kier alpha value is -1.86. The van der Waals surface area contributed by atoms with Gasteiger partial charge in [0, 0.05) is 0 Å². The molecule has 0 heterocycles. The molecule has 13 heavy (non-hydrogen) atoms. The quantitative estimate of drug-likeness (QED) is 0.510. The maximum Gasteiger partial charge on any atom is 0.231 e. The summed E-state index contributed by atoms with van der Waals surface area (Å²) >= 11 is 0. The molecule has 0 unspecified atom stereocenters. The summed E-state index contributed by atoms with van der Waals surface area (Å²) in [5, 5.41) is 14.3. The van der Waals surface area contributed by atoms with Crippen LogP contribution in [0.3, 0.4) is 0 Å². The molecular formula is C10H11NO2. The zero-order valence-corrected chi connectivity index (χ0v) is 7.37. The average Bonchev–Trinajstić information content (AvgIpc) is 2.06. The van der Waals surface area contributed by atoms with Crippen LogP contribution in [0, 0.1) is 5.41 Å². The summed E-state index contributed by atoms with van der Waals surface area (Å²) in [6.45, 7) is 5.71. The third kappa shape index (κ3) is 4.56. The van der Waals surface area contributed by atoms with E-state index in [2.05, 4.69) is 6.58 Å². The van der Waals surface area contributed by atoms with Crippen molar-refractivity contribution in [3.63, 3.8) is 0 Å². The van der Waals surface area contributed by atoms with Crippen LogP contribution in [0.2, 0.25) is 0 Å². The normalized spacial score (nSPS) is 7.77. The molecule has 0 aliphatic rings. The lowest BCUT2D eigenvalue weighted by Gasteiger charge is -1.97. The monoisotopic (exact) mass is 177 g/mol. The Morgan fingerprint density at radius 3 is 2.15 bits per heavy atom. The van der Waals surface area contributed by atoms with Gasteiger partial charge in [-0.3, -0.25) is 0 Å². The van der Waals surface area contributed by atoms with E-state index >= 15 is 0 Å². The van der Waals surface area contributed by atoms with Crippen LogP contribution in [0.4, 0.5) is 0 Å². The number of isocyanates is 1. The molecule has 0 radical (unpaired) electrons. The van der Waals surface area contributed by atoms with E-state index in [0.29, 0.717) is 5.75 Å². The maximum absolute atomic E-state index is 8.91. The first kappa shape index (κ1) is 11.1. The average molecular weight is 177 g/mol. The molecule has 0 saturated carbocycles. The molecule has 0 amide bonds. The van der Waals surface area contributed by atoms with E-state index in [1.807, 2.05) is 19.1 Å². The topological polar surface area (TPSA) is 61.1 Å². The van der Waals surface area contributed by atoms with Gasteiger partial charge in [-0.05, 0) is 24.6 Å². The number of phenolic OH excluding ortho intramolecular Hbond substituents is 1. The van der Waals surface area contributed by atoms with Gasteiger partial charge in [-0.15, -0.1) is 0 Å². The van der Waals surface area contributed by atoms with Crippen LogP contribution >= 0.6 is 0 Å². The van der Waals surface area contributed by atoms with Gasteiger partial charge < -0.3 is 5.11 Å². The number of benzene rings is 1. The van der Waals surface area contributed by atoms with Crippen molar-refractivity contribution in [2.45, 2.75) is 6.92 Å². The number of nitrogens with one attached hydrogen (secondary N) is 1. The van der Waals surface area contributed by atoms with Gasteiger partial charge in [-0.2, -0.15) is 0 Å². The molecule has 0 bridgehead atoms. The SMILES string of the molecule is C=C(C)c1ccc(O)cc1.N=C=O. The molecule has 3 nitrogen and oxygen atoms in total. The van der Waals surface area contributed by atoms with Crippen molar-refractivity contribution >= 4 is 11.7 Å². The minimum atomic E-state index is 0.296. The van der Waals surface area contributed by atoms with Crippen molar-refractivity contribution in [1.82, 2.24) is 0 Å². The smallest absolute Gasteiger partial charge is 0.231 e. The zero-order valence-electron chi connectivity index (χ0n) is 7.37. The van der Waals surface area contributed by atoms with Crippen LogP contribution in [0.15, 0.2) is 30.8 Å². The van der Waals surface area contributed by atoms with E-state index in [-0.39, 0.29) is 0 Å². The number of carbonyl (C=O) groups excluding carboxylic acids is 1. The van der Waals surface area contributed by atoms with Gasteiger partial charge >= 0.3 is 0 Å². The summed E-state index contributed by atoms with van der Waals surface area (Å²) in [6, 6.07) is 7.00. The predicted molar refractivity (Wildman–Crippen MR) is 51.2 cm³/mol. The highest BCUT2D eigenvalue weighted by atomic mass is 16.3. The number of phenols is 1. The lowest BCUT2D eigenvalue weighted by molar-refractivity contribution is 0.475. The summed E-state index contributed by atoms with van der Waals surface area (Å²) in [4.78, 5) is 8.35. The van der Waals surface area contributed by atoms with Gasteiger partial charge in [0.05, 0.1) is 0 Å². The molecule has 0 aromatic heterocycles. The van der Waals surface area contributed by atoms with E-state index < -0.39 is 0 Å². The molecule has 1 rings (SSSR count). The fourth-order valence-electron chi connectivity index (χ4n) is 0.746. The highest BCUT2D eigenvalue weighted by molar-refractivity contribution is 5.61. The Morgan fingerprint density at radius 2 is 1.85 bits per heavy atom. The lowest BCUT2D eigenvalue weighted by atomic mass is 10.1. The van der Waals surface area contributed by atoms with Crippen LogP contribution < -0.4 is 0 Å². The van der Waals surface area contributed by atoms with Gasteiger partial charge in [0.1, 0.15) is 5.75 Å². The van der Waals surface area contributed by atoms with E-state index in [9.17, 15) is 0 Å². The molecular weight excluding hydrogens is 166 g/mol. The van der Waals surface area contributed by atoms with E-state index in [1.165, 1.54) is 0 Å². The van der Waals surface area contributed by atoms with Crippen molar-refractivity contribution in [2.75, 3.05) is 0 Å². The minimum absolute atomic E-state index is 0.296. The third-order valence-electron chi connectivity index (χ3n) is 1.36. The Bertz CT molecular complexity index is 308. The molecule has 68 valence electrons. The first-order chi connectivity index (χ1) is 6.11. The minimum Gasteiger partial charge on any atom is -0.508 e. The fraction of sp³-hybridized carbons (Fsp3) is 0.100. The van der Waals surface area contributed by atoms with Gasteiger partial charge in [0.15, 0.2) is 0 Å². The summed E-state index contributed by atoms with van der Waals surface area (Å²) in [5.41, 5.74) is 2.08. The van der Waals surface area contributed by atoms with Crippen LogP contribution in [-0.2, 0) is 4.79 Å². The van der Waals surface area contributed by atoms with Crippen molar-refractivity contribution in [1.29, 1.82) is 5.41 Å². The molecule has 0 spiro atoms. The van der Waals surface area contributed by atoms with Gasteiger partial charge in [0.2, 0.25) is 6.08 Å². The Labute approximate surface area is 76.8 Å². The van der Waals surface area contributed by atoms with Crippen LogP contribution in [0.25, 0.3) is 5.57 Å². The molecule has 0 aliphatic heterocycles. The highest BCUT2D eigenvalue weighted by Crippen LogP contribution is 2.14. The fourth-order valence-corrected chi connectivity index (χ4v) is 0.746. The number of aromatic hydroxyl groups is 1. The molecule has 3 heteroatoms. The number of hydrogen-bond acceptors (Lipinski definition) is 3. The van der Waals surface area contributed by atoms with E-state index in [0.717, 1.165) is 17.2 Å². The first-order valence-electron chi connectivity index (χ1n) is 3.60. The van der Waals surface area contributed by atoms with Crippen molar-refractivity contribution < 1.29 is 9.90 Å². The first-order valence-corrected chi connectivity index (χ1v) is 3.60. The molecule has 0 aliphatic carbocycles. The zero-order chi connectivity index (χ0) is 10.3. The second kappa shape index (κ2) is 5.75. The Balaban J connectivity index is 0.000000424. The van der Waals surface area contributed by atoms with E-state index in [1.54, 1.807) is 12.1 Å². The highest BCUT2D eigenvalue weighted by Gasteiger charge is 1.90. The predicted octanol–water partition coefficient (Wildman–Crippen LogP) is 2.33. The molecule has 2 N–H and O–H groups in total. The van der Waals surface area contributed by atoms with Crippen LogP contribution in [-0.4, -0.2) is 11.2 Å². The van der Waals surface area contributed by atoms with Crippen molar-refractivity contribution in [3.05, 3.63) is 36.4 Å².